The lowest BCUT2D eigenvalue weighted by Crippen LogP contribution is -2.36. The monoisotopic (exact) mass is 258 g/mol. The van der Waals surface area contributed by atoms with E-state index in [1.54, 1.807) is 25.4 Å². The molecule has 0 spiro atoms. The van der Waals surface area contributed by atoms with Crippen molar-refractivity contribution in [2.75, 3.05) is 0 Å². The van der Waals surface area contributed by atoms with Gasteiger partial charge in [-0.3, -0.25) is 9.78 Å². The summed E-state index contributed by atoms with van der Waals surface area (Å²) in [6.07, 6.45) is 3.06. The van der Waals surface area contributed by atoms with E-state index in [0.29, 0.717) is 5.56 Å². The molecule has 0 amide bonds. The highest BCUT2D eigenvalue weighted by atomic mass is 79.9. The van der Waals surface area contributed by atoms with E-state index in [1.807, 2.05) is 0 Å². The SMILES string of the molecule is CC(N)(CC(=O)O)c1cnccc1Br. The van der Waals surface area contributed by atoms with Crippen molar-refractivity contribution in [2.24, 2.45) is 5.73 Å². The summed E-state index contributed by atoms with van der Waals surface area (Å²) in [5.74, 6) is -0.925. The van der Waals surface area contributed by atoms with E-state index < -0.39 is 11.5 Å². The fraction of sp³-hybridized carbons (Fsp3) is 0.333. The molecule has 0 bridgehead atoms. The van der Waals surface area contributed by atoms with Crippen molar-refractivity contribution in [3.63, 3.8) is 0 Å². The lowest BCUT2D eigenvalue weighted by Gasteiger charge is -2.23. The van der Waals surface area contributed by atoms with Gasteiger partial charge in [-0.15, -0.1) is 0 Å². The van der Waals surface area contributed by atoms with E-state index in [4.69, 9.17) is 10.8 Å². The quantitative estimate of drug-likeness (QED) is 0.862. The first kappa shape index (κ1) is 11.1. The zero-order valence-electron chi connectivity index (χ0n) is 7.70. The molecule has 0 saturated heterocycles. The molecule has 0 aromatic carbocycles. The number of aromatic nitrogens is 1. The highest BCUT2D eigenvalue weighted by Gasteiger charge is 2.26. The number of pyridine rings is 1. The molecule has 76 valence electrons. The lowest BCUT2D eigenvalue weighted by atomic mass is 9.91. The molecule has 0 saturated carbocycles. The van der Waals surface area contributed by atoms with Gasteiger partial charge in [0.1, 0.15) is 0 Å². The first-order chi connectivity index (χ1) is 6.43. The second-order valence-corrected chi connectivity index (χ2v) is 4.20. The normalized spacial score (nSPS) is 14.8. The van der Waals surface area contributed by atoms with Crippen molar-refractivity contribution in [3.05, 3.63) is 28.5 Å². The first-order valence-corrected chi connectivity index (χ1v) is 4.83. The van der Waals surface area contributed by atoms with Crippen LogP contribution in [0.5, 0.6) is 0 Å². The molecule has 3 N–H and O–H groups in total. The molecule has 0 aliphatic rings. The van der Waals surface area contributed by atoms with Gasteiger partial charge in [0.15, 0.2) is 0 Å². The third-order valence-corrected chi connectivity index (χ3v) is 2.59. The molecular weight excluding hydrogens is 248 g/mol. The molecule has 14 heavy (non-hydrogen) atoms. The average molecular weight is 259 g/mol. The Hall–Kier alpha value is -0.940. The summed E-state index contributed by atoms with van der Waals surface area (Å²) < 4.78 is 0.777. The van der Waals surface area contributed by atoms with Gasteiger partial charge in [-0.2, -0.15) is 0 Å². The van der Waals surface area contributed by atoms with E-state index >= 15 is 0 Å². The maximum Gasteiger partial charge on any atom is 0.305 e. The highest BCUT2D eigenvalue weighted by Crippen LogP contribution is 2.27. The van der Waals surface area contributed by atoms with Crippen molar-refractivity contribution in [1.29, 1.82) is 0 Å². The molecule has 1 atom stereocenters. The molecule has 0 aliphatic carbocycles. The van der Waals surface area contributed by atoms with Crippen LogP contribution in [0.2, 0.25) is 0 Å². The zero-order chi connectivity index (χ0) is 10.8. The number of nitrogens with zero attached hydrogens (tertiary/aromatic N) is 1. The summed E-state index contributed by atoms with van der Waals surface area (Å²) in [7, 11) is 0. The topological polar surface area (TPSA) is 76.2 Å². The molecule has 5 heteroatoms. The molecular formula is C9H11BrN2O2. The van der Waals surface area contributed by atoms with Crippen LogP contribution in [0, 0.1) is 0 Å². The Balaban J connectivity index is 3.03. The van der Waals surface area contributed by atoms with E-state index in [-0.39, 0.29) is 6.42 Å². The maximum absolute atomic E-state index is 10.6. The summed E-state index contributed by atoms with van der Waals surface area (Å²) in [6, 6.07) is 1.74. The van der Waals surface area contributed by atoms with Crippen LogP contribution < -0.4 is 5.73 Å². The number of halogens is 1. The molecule has 1 aromatic rings. The smallest absolute Gasteiger partial charge is 0.305 e. The van der Waals surface area contributed by atoms with Crippen molar-refractivity contribution in [2.45, 2.75) is 18.9 Å². The Kier molecular flexibility index (Phi) is 3.23. The summed E-state index contributed by atoms with van der Waals surface area (Å²) in [4.78, 5) is 14.5. The van der Waals surface area contributed by atoms with Crippen molar-refractivity contribution < 1.29 is 9.90 Å². The Morgan fingerprint density at radius 1 is 1.79 bits per heavy atom. The van der Waals surface area contributed by atoms with Crippen LogP contribution in [0.15, 0.2) is 22.9 Å². The summed E-state index contributed by atoms with van der Waals surface area (Å²) in [6.45, 7) is 1.67. The fourth-order valence-corrected chi connectivity index (χ4v) is 1.88. The van der Waals surface area contributed by atoms with E-state index in [9.17, 15) is 4.79 Å². The largest absolute Gasteiger partial charge is 0.481 e. The van der Waals surface area contributed by atoms with Gasteiger partial charge in [-0.25, -0.2) is 0 Å². The summed E-state index contributed by atoms with van der Waals surface area (Å²) >= 11 is 3.31. The van der Waals surface area contributed by atoms with Crippen LogP contribution in [-0.2, 0) is 10.3 Å². The van der Waals surface area contributed by atoms with Gasteiger partial charge < -0.3 is 10.8 Å². The van der Waals surface area contributed by atoms with Gasteiger partial charge in [0.2, 0.25) is 0 Å². The van der Waals surface area contributed by atoms with Crippen molar-refractivity contribution in [3.8, 4) is 0 Å². The first-order valence-electron chi connectivity index (χ1n) is 4.04. The van der Waals surface area contributed by atoms with Crippen LogP contribution >= 0.6 is 15.9 Å². The predicted molar refractivity (Wildman–Crippen MR) is 55.7 cm³/mol. The summed E-state index contributed by atoms with van der Waals surface area (Å²) in [5, 5.41) is 8.69. The number of rotatable bonds is 3. The number of carboxylic acid groups (broad SMARTS) is 1. The number of hydrogen-bond acceptors (Lipinski definition) is 3. The Morgan fingerprint density at radius 2 is 2.43 bits per heavy atom. The Labute approximate surface area is 90.3 Å². The van der Waals surface area contributed by atoms with Gasteiger partial charge in [0.25, 0.3) is 0 Å². The minimum Gasteiger partial charge on any atom is -0.481 e. The molecule has 0 radical (unpaired) electrons. The van der Waals surface area contributed by atoms with Gasteiger partial charge in [0.05, 0.1) is 12.0 Å². The van der Waals surface area contributed by atoms with Crippen molar-refractivity contribution in [1.82, 2.24) is 4.98 Å². The lowest BCUT2D eigenvalue weighted by molar-refractivity contribution is -0.138. The van der Waals surface area contributed by atoms with Crippen molar-refractivity contribution >= 4 is 21.9 Å². The average Bonchev–Trinajstić information content (AvgIpc) is 2.02. The zero-order valence-corrected chi connectivity index (χ0v) is 9.28. The number of carboxylic acids is 1. The summed E-state index contributed by atoms with van der Waals surface area (Å²) in [5.41, 5.74) is 5.68. The van der Waals surface area contributed by atoms with Crippen LogP contribution in [-0.4, -0.2) is 16.1 Å². The Morgan fingerprint density at radius 3 is 2.93 bits per heavy atom. The minimum absolute atomic E-state index is 0.128. The number of hydrogen-bond donors (Lipinski definition) is 2. The second kappa shape index (κ2) is 4.06. The fourth-order valence-electron chi connectivity index (χ4n) is 1.21. The third kappa shape index (κ3) is 2.52. The number of carbonyl (C=O) groups is 1. The molecule has 0 fully saturated rings. The third-order valence-electron chi connectivity index (χ3n) is 1.90. The van der Waals surface area contributed by atoms with Gasteiger partial charge in [-0.1, -0.05) is 15.9 Å². The standard InChI is InChI=1S/C9H11BrN2O2/c1-9(11,4-8(13)14)6-5-12-3-2-7(6)10/h2-3,5H,4,11H2,1H3,(H,13,14). The van der Waals surface area contributed by atoms with Crippen LogP contribution in [0.4, 0.5) is 0 Å². The molecule has 4 nitrogen and oxygen atoms in total. The van der Waals surface area contributed by atoms with E-state index in [1.165, 1.54) is 0 Å². The van der Waals surface area contributed by atoms with E-state index in [2.05, 4.69) is 20.9 Å². The minimum atomic E-state index is -0.925. The molecule has 0 aliphatic heterocycles. The second-order valence-electron chi connectivity index (χ2n) is 3.34. The molecule has 1 heterocycles. The van der Waals surface area contributed by atoms with Gasteiger partial charge >= 0.3 is 5.97 Å². The van der Waals surface area contributed by atoms with Gasteiger partial charge in [0, 0.05) is 22.4 Å². The molecule has 1 aromatic heterocycles. The molecule has 1 unspecified atom stereocenters. The number of nitrogens with two attached hydrogens (primary N) is 1. The number of aliphatic carboxylic acids is 1. The maximum atomic E-state index is 10.6. The van der Waals surface area contributed by atoms with Crippen LogP contribution in [0.1, 0.15) is 18.9 Å². The van der Waals surface area contributed by atoms with Crippen LogP contribution in [0.3, 0.4) is 0 Å². The van der Waals surface area contributed by atoms with Gasteiger partial charge in [-0.05, 0) is 13.0 Å². The highest BCUT2D eigenvalue weighted by molar-refractivity contribution is 9.10. The van der Waals surface area contributed by atoms with E-state index in [0.717, 1.165) is 4.47 Å². The Bertz CT molecular complexity index is 352. The molecule has 1 rings (SSSR count). The van der Waals surface area contributed by atoms with Crippen LogP contribution in [0.25, 0.3) is 0 Å². The predicted octanol–water partition coefficient (Wildman–Crippen LogP) is 1.49.